The van der Waals surface area contributed by atoms with Crippen molar-refractivity contribution < 1.29 is 13.2 Å². The summed E-state index contributed by atoms with van der Waals surface area (Å²) in [6.07, 6.45) is 3.57. The van der Waals surface area contributed by atoms with E-state index in [2.05, 4.69) is 36.6 Å². The maximum absolute atomic E-state index is 12.0. The number of ether oxygens (including phenoxy) is 1. The molecule has 0 aromatic rings. The Morgan fingerprint density at radius 3 is 2.37 bits per heavy atom. The second kappa shape index (κ2) is 10.0. The van der Waals surface area contributed by atoms with Gasteiger partial charge >= 0.3 is 0 Å². The Kier molecular flexibility index (Phi) is 8.33. The first-order valence-corrected chi connectivity index (χ1v) is 11.7. The van der Waals surface area contributed by atoms with Crippen LogP contribution in [-0.4, -0.2) is 94.4 Å². The second-order valence-corrected chi connectivity index (χ2v) is 9.90. The van der Waals surface area contributed by atoms with Gasteiger partial charge in [0.2, 0.25) is 10.0 Å². The molecule has 0 unspecified atom stereocenters. The molecule has 0 bridgehead atoms. The van der Waals surface area contributed by atoms with E-state index in [0.29, 0.717) is 13.1 Å². The molecule has 0 aliphatic carbocycles. The van der Waals surface area contributed by atoms with Crippen molar-refractivity contribution in [3.05, 3.63) is 0 Å². The molecule has 0 radical (unpaired) electrons. The summed E-state index contributed by atoms with van der Waals surface area (Å²) >= 11 is 0. The molecular formula is C18H37N5O3S. The third-order valence-electron chi connectivity index (χ3n) is 5.80. The lowest BCUT2D eigenvalue weighted by molar-refractivity contribution is -0.00256. The van der Waals surface area contributed by atoms with Gasteiger partial charge in [-0.1, -0.05) is 0 Å². The van der Waals surface area contributed by atoms with Gasteiger partial charge in [0.1, 0.15) is 0 Å². The van der Waals surface area contributed by atoms with E-state index in [0.717, 1.165) is 57.9 Å². The average Bonchev–Trinajstić information content (AvgIpc) is 2.67. The largest absolute Gasteiger partial charge is 0.381 e. The molecule has 0 aromatic carbocycles. The quantitative estimate of drug-likeness (QED) is 0.475. The number of hydrogen-bond acceptors (Lipinski definition) is 5. The van der Waals surface area contributed by atoms with Crippen molar-refractivity contribution in [2.75, 3.05) is 59.2 Å². The number of nitrogens with one attached hydrogen (secondary N) is 2. The van der Waals surface area contributed by atoms with Crippen LogP contribution in [0.25, 0.3) is 0 Å². The van der Waals surface area contributed by atoms with Crippen LogP contribution in [0, 0.1) is 0 Å². The highest BCUT2D eigenvalue weighted by Crippen LogP contribution is 2.26. The number of nitrogens with zero attached hydrogens (tertiary/aromatic N) is 3. The standard InChI is InChI=1S/C18H37N5O3S/c1-5-19-17(20-15-18(22(3)4)9-13-26-14-10-18)21-16-7-11-23(12-8-16)27(24,25)6-2/h16H,5-15H2,1-4H3,(H2,19,20,21). The highest BCUT2D eigenvalue weighted by atomic mass is 32.2. The predicted molar refractivity (Wildman–Crippen MR) is 110 cm³/mol. The fourth-order valence-corrected chi connectivity index (χ4v) is 4.83. The zero-order valence-corrected chi connectivity index (χ0v) is 18.1. The zero-order valence-electron chi connectivity index (χ0n) is 17.3. The topological polar surface area (TPSA) is 86.3 Å². The van der Waals surface area contributed by atoms with E-state index in [-0.39, 0.29) is 17.3 Å². The minimum Gasteiger partial charge on any atom is -0.381 e. The van der Waals surface area contributed by atoms with Crippen LogP contribution in [-0.2, 0) is 14.8 Å². The van der Waals surface area contributed by atoms with Gasteiger partial charge in [-0.2, -0.15) is 0 Å². The van der Waals surface area contributed by atoms with Crippen LogP contribution in [0.5, 0.6) is 0 Å². The SMILES string of the molecule is CCNC(=NCC1(N(C)C)CCOCC1)NC1CCN(S(=O)(=O)CC)CC1. The summed E-state index contributed by atoms with van der Waals surface area (Å²) in [5.74, 6) is 0.993. The van der Waals surface area contributed by atoms with E-state index in [1.54, 1.807) is 11.2 Å². The van der Waals surface area contributed by atoms with Crippen molar-refractivity contribution in [2.45, 2.75) is 51.1 Å². The van der Waals surface area contributed by atoms with Crippen LogP contribution < -0.4 is 10.6 Å². The van der Waals surface area contributed by atoms with Gasteiger partial charge in [-0.25, -0.2) is 12.7 Å². The maximum Gasteiger partial charge on any atom is 0.213 e. The Morgan fingerprint density at radius 2 is 1.85 bits per heavy atom. The Labute approximate surface area is 164 Å². The van der Waals surface area contributed by atoms with Crippen LogP contribution in [0.4, 0.5) is 0 Å². The number of sulfonamides is 1. The summed E-state index contributed by atoms with van der Waals surface area (Å²) in [6.45, 7) is 7.99. The first-order chi connectivity index (χ1) is 12.8. The molecule has 2 aliphatic rings. The van der Waals surface area contributed by atoms with E-state index in [9.17, 15) is 8.42 Å². The monoisotopic (exact) mass is 403 g/mol. The molecule has 0 amide bonds. The van der Waals surface area contributed by atoms with E-state index in [1.165, 1.54) is 0 Å². The van der Waals surface area contributed by atoms with Gasteiger partial charge in [-0.3, -0.25) is 4.99 Å². The van der Waals surface area contributed by atoms with E-state index < -0.39 is 10.0 Å². The summed E-state index contributed by atoms with van der Waals surface area (Å²) < 4.78 is 31.2. The maximum atomic E-state index is 12.0. The highest BCUT2D eigenvalue weighted by molar-refractivity contribution is 7.89. The zero-order chi connectivity index (χ0) is 19.9. The molecule has 2 saturated heterocycles. The molecule has 2 rings (SSSR count). The van der Waals surface area contributed by atoms with Gasteiger partial charge in [0.15, 0.2) is 5.96 Å². The lowest BCUT2D eigenvalue weighted by atomic mass is 9.89. The second-order valence-electron chi connectivity index (χ2n) is 7.64. The van der Waals surface area contributed by atoms with Crippen molar-refractivity contribution in [3.8, 4) is 0 Å². The fraction of sp³-hybridized carbons (Fsp3) is 0.944. The van der Waals surface area contributed by atoms with E-state index in [4.69, 9.17) is 9.73 Å². The fourth-order valence-electron chi connectivity index (χ4n) is 3.70. The molecule has 0 saturated carbocycles. The van der Waals surface area contributed by atoms with Gasteiger partial charge in [-0.15, -0.1) is 0 Å². The van der Waals surface area contributed by atoms with Gasteiger partial charge in [0.25, 0.3) is 0 Å². The van der Waals surface area contributed by atoms with Crippen LogP contribution in [0.3, 0.4) is 0 Å². The van der Waals surface area contributed by atoms with Crippen molar-refractivity contribution in [2.24, 2.45) is 4.99 Å². The third kappa shape index (κ3) is 6.04. The minimum atomic E-state index is -3.08. The smallest absolute Gasteiger partial charge is 0.213 e. The molecule has 2 N–H and O–H groups in total. The number of rotatable bonds is 7. The van der Waals surface area contributed by atoms with Crippen LogP contribution >= 0.6 is 0 Å². The van der Waals surface area contributed by atoms with Crippen LogP contribution in [0.2, 0.25) is 0 Å². The van der Waals surface area contributed by atoms with Crippen molar-refractivity contribution in [1.29, 1.82) is 0 Å². The molecule has 0 aromatic heterocycles. The molecule has 0 spiro atoms. The first kappa shape index (κ1) is 22.4. The summed E-state index contributed by atoms with van der Waals surface area (Å²) in [5, 5.41) is 6.85. The Hall–Kier alpha value is -0.900. The molecule has 8 nitrogen and oxygen atoms in total. The summed E-state index contributed by atoms with van der Waals surface area (Å²) in [5.41, 5.74) is 0.0408. The van der Waals surface area contributed by atoms with Crippen molar-refractivity contribution in [1.82, 2.24) is 19.8 Å². The normalized spacial score (nSPS) is 22.8. The summed E-state index contributed by atoms with van der Waals surface area (Å²) in [6, 6.07) is 0.246. The lowest BCUT2D eigenvalue weighted by Crippen LogP contribution is -2.53. The number of likely N-dealkylation sites (N-methyl/N-ethyl adjacent to an activating group) is 1. The minimum absolute atomic E-state index is 0.0408. The van der Waals surface area contributed by atoms with Crippen LogP contribution in [0.1, 0.15) is 39.5 Å². The molecule has 27 heavy (non-hydrogen) atoms. The molecule has 2 heterocycles. The highest BCUT2D eigenvalue weighted by Gasteiger charge is 2.35. The van der Waals surface area contributed by atoms with Crippen molar-refractivity contribution >= 4 is 16.0 Å². The van der Waals surface area contributed by atoms with Crippen LogP contribution in [0.15, 0.2) is 4.99 Å². The summed E-state index contributed by atoms with van der Waals surface area (Å²) in [7, 11) is 1.15. The summed E-state index contributed by atoms with van der Waals surface area (Å²) in [4.78, 5) is 7.15. The molecule has 0 atom stereocenters. The van der Waals surface area contributed by atoms with Gasteiger partial charge in [-0.05, 0) is 53.6 Å². The Balaban J connectivity index is 1.96. The molecule has 158 valence electrons. The van der Waals surface area contributed by atoms with Gasteiger partial charge in [0, 0.05) is 44.4 Å². The van der Waals surface area contributed by atoms with Crippen molar-refractivity contribution in [3.63, 3.8) is 0 Å². The molecule has 2 fully saturated rings. The Morgan fingerprint density at radius 1 is 1.22 bits per heavy atom. The number of piperidine rings is 1. The Bertz CT molecular complexity index is 580. The third-order valence-corrected chi connectivity index (χ3v) is 7.68. The first-order valence-electron chi connectivity index (χ1n) is 10.1. The predicted octanol–water partition coefficient (Wildman–Crippen LogP) is 0.466. The van der Waals surface area contributed by atoms with Gasteiger partial charge < -0.3 is 20.3 Å². The number of hydrogen-bond donors (Lipinski definition) is 2. The van der Waals surface area contributed by atoms with E-state index in [1.807, 2.05) is 0 Å². The molecule has 2 aliphatic heterocycles. The molecule has 9 heteroatoms. The molecular weight excluding hydrogens is 366 g/mol. The lowest BCUT2D eigenvalue weighted by Gasteiger charge is -2.42. The van der Waals surface area contributed by atoms with E-state index >= 15 is 0 Å². The van der Waals surface area contributed by atoms with Gasteiger partial charge in [0.05, 0.1) is 12.3 Å². The number of guanidine groups is 1. The number of aliphatic imine (C=N–C) groups is 1. The average molecular weight is 404 g/mol.